The summed E-state index contributed by atoms with van der Waals surface area (Å²) in [5.74, 6) is 0.940. The Morgan fingerprint density at radius 3 is 2.68 bits per heavy atom. The minimum absolute atomic E-state index is 0.0814. The SMILES string of the molecule is Cc1cnc(C2CCN(C(=O)Nc3ccccc3)C2)n1Cc1ccc(F)cc1. The van der Waals surface area contributed by atoms with Gasteiger partial charge < -0.3 is 14.8 Å². The Bertz CT molecular complexity index is 952. The van der Waals surface area contributed by atoms with Gasteiger partial charge in [-0.05, 0) is 43.2 Å². The van der Waals surface area contributed by atoms with Crippen LogP contribution in [0.25, 0.3) is 0 Å². The molecule has 1 aromatic heterocycles. The Labute approximate surface area is 163 Å². The Morgan fingerprint density at radius 2 is 1.93 bits per heavy atom. The van der Waals surface area contributed by atoms with Crippen LogP contribution in [0.4, 0.5) is 14.9 Å². The molecule has 0 radical (unpaired) electrons. The Kier molecular flexibility index (Phi) is 5.10. The first-order chi connectivity index (χ1) is 13.6. The summed E-state index contributed by atoms with van der Waals surface area (Å²) < 4.78 is 15.3. The van der Waals surface area contributed by atoms with Crippen LogP contribution in [-0.4, -0.2) is 33.6 Å². The number of halogens is 1. The van der Waals surface area contributed by atoms with E-state index in [0.717, 1.165) is 29.2 Å². The molecule has 2 aromatic carbocycles. The number of para-hydroxylation sites is 1. The quantitative estimate of drug-likeness (QED) is 0.732. The van der Waals surface area contributed by atoms with Crippen LogP contribution in [0.1, 0.15) is 29.4 Å². The zero-order chi connectivity index (χ0) is 19.5. The molecule has 2 amide bonds. The van der Waals surface area contributed by atoms with E-state index in [4.69, 9.17) is 0 Å². The number of nitrogens with zero attached hydrogens (tertiary/aromatic N) is 3. The molecule has 3 aromatic rings. The Balaban J connectivity index is 1.45. The van der Waals surface area contributed by atoms with Crippen LogP contribution in [0.15, 0.2) is 60.8 Å². The van der Waals surface area contributed by atoms with Gasteiger partial charge in [0.05, 0.1) is 0 Å². The van der Waals surface area contributed by atoms with Crippen LogP contribution in [0.2, 0.25) is 0 Å². The number of hydrogen-bond acceptors (Lipinski definition) is 2. The van der Waals surface area contributed by atoms with Crippen LogP contribution in [0.5, 0.6) is 0 Å². The number of carbonyl (C=O) groups is 1. The number of urea groups is 1. The molecule has 1 unspecified atom stereocenters. The fourth-order valence-corrected chi connectivity index (χ4v) is 3.66. The number of hydrogen-bond donors (Lipinski definition) is 1. The topological polar surface area (TPSA) is 50.2 Å². The molecule has 6 heteroatoms. The summed E-state index contributed by atoms with van der Waals surface area (Å²) in [7, 11) is 0. The van der Waals surface area contributed by atoms with E-state index in [2.05, 4.69) is 14.9 Å². The van der Waals surface area contributed by atoms with Crippen molar-refractivity contribution in [2.24, 2.45) is 0 Å². The lowest BCUT2D eigenvalue weighted by molar-refractivity contribution is 0.222. The minimum atomic E-state index is -0.234. The lowest BCUT2D eigenvalue weighted by atomic mass is 10.1. The molecule has 28 heavy (non-hydrogen) atoms. The first kappa shape index (κ1) is 18.2. The average Bonchev–Trinajstić information content (AvgIpc) is 3.32. The third kappa shape index (κ3) is 3.91. The van der Waals surface area contributed by atoms with Crippen molar-refractivity contribution in [2.45, 2.75) is 25.8 Å². The molecule has 5 nitrogen and oxygen atoms in total. The smallest absolute Gasteiger partial charge is 0.321 e. The molecule has 1 aliphatic heterocycles. The normalized spacial score (nSPS) is 16.4. The number of nitrogens with one attached hydrogen (secondary N) is 1. The highest BCUT2D eigenvalue weighted by Crippen LogP contribution is 2.28. The maximum absolute atomic E-state index is 13.2. The van der Waals surface area contributed by atoms with Gasteiger partial charge in [-0.15, -0.1) is 0 Å². The highest BCUT2D eigenvalue weighted by molar-refractivity contribution is 5.89. The van der Waals surface area contributed by atoms with Crippen LogP contribution >= 0.6 is 0 Å². The van der Waals surface area contributed by atoms with Crippen molar-refractivity contribution in [3.05, 3.63) is 83.7 Å². The third-order valence-corrected chi connectivity index (χ3v) is 5.21. The maximum Gasteiger partial charge on any atom is 0.321 e. The van der Waals surface area contributed by atoms with Gasteiger partial charge in [-0.1, -0.05) is 30.3 Å². The van der Waals surface area contributed by atoms with E-state index >= 15 is 0 Å². The summed E-state index contributed by atoms with van der Waals surface area (Å²) in [5, 5.41) is 2.95. The number of imidazole rings is 1. The molecule has 144 valence electrons. The average molecular weight is 378 g/mol. The molecular formula is C22H23FN4O. The van der Waals surface area contributed by atoms with Crippen molar-refractivity contribution in [1.82, 2.24) is 14.5 Å². The molecule has 0 aliphatic carbocycles. The van der Waals surface area contributed by atoms with Gasteiger partial charge in [0.1, 0.15) is 11.6 Å². The number of likely N-dealkylation sites (tertiary alicyclic amines) is 1. The second kappa shape index (κ2) is 7.84. The number of aromatic nitrogens is 2. The van der Waals surface area contributed by atoms with Gasteiger partial charge in [-0.2, -0.15) is 0 Å². The van der Waals surface area contributed by atoms with Crippen LogP contribution in [-0.2, 0) is 6.54 Å². The molecule has 0 spiro atoms. The lowest BCUT2D eigenvalue weighted by Crippen LogP contribution is -2.33. The van der Waals surface area contributed by atoms with E-state index in [9.17, 15) is 9.18 Å². The van der Waals surface area contributed by atoms with Crippen LogP contribution in [0.3, 0.4) is 0 Å². The monoisotopic (exact) mass is 378 g/mol. The van der Waals surface area contributed by atoms with E-state index in [0.29, 0.717) is 19.6 Å². The summed E-state index contributed by atoms with van der Waals surface area (Å²) >= 11 is 0. The highest BCUT2D eigenvalue weighted by Gasteiger charge is 2.30. The summed E-state index contributed by atoms with van der Waals surface area (Å²) in [5.41, 5.74) is 2.89. The van der Waals surface area contributed by atoms with Crippen molar-refractivity contribution >= 4 is 11.7 Å². The van der Waals surface area contributed by atoms with Crippen molar-refractivity contribution in [3.63, 3.8) is 0 Å². The van der Waals surface area contributed by atoms with Crippen molar-refractivity contribution in [3.8, 4) is 0 Å². The molecule has 1 aliphatic rings. The lowest BCUT2D eigenvalue weighted by Gasteiger charge is -2.18. The van der Waals surface area contributed by atoms with E-state index in [-0.39, 0.29) is 17.8 Å². The molecule has 0 bridgehead atoms. The van der Waals surface area contributed by atoms with Gasteiger partial charge in [0.2, 0.25) is 0 Å². The molecular weight excluding hydrogens is 355 g/mol. The zero-order valence-electron chi connectivity index (χ0n) is 15.8. The minimum Gasteiger partial charge on any atom is -0.328 e. The van der Waals surface area contributed by atoms with Gasteiger partial charge >= 0.3 is 6.03 Å². The number of aryl methyl sites for hydroxylation is 1. The van der Waals surface area contributed by atoms with Crippen LogP contribution < -0.4 is 5.32 Å². The highest BCUT2D eigenvalue weighted by atomic mass is 19.1. The van der Waals surface area contributed by atoms with Crippen molar-refractivity contribution in [2.75, 3.05) is 18.4 Å². The van der Waals surface area contributed by atoms with Gasteiger partial charge in [0, 0.05) is 43.1 Å². The molecule has 2 heterocycles. The number of benzene rings is 2. The van der Waals surface area contributed by atoms with Gasteiger partial charge in [0.15, 0.2) is 0 Å². The first-order valence-corrected chi connectivity index (χ1v) is 9.47. The van der Waals surface area contributed by atoms with E-state index < -0.39 is 0 Å². The fourth-order valence-electron chi connectivity index (χ4n) is 3.66. The van der Waals surface area contributed by atoms with Crippen molar-refractivity contribution in [1.29, 1.82) is 0 Å². The fraction of sp³-hybridized carbons (Fsp3) is 0.273. The Morgan fingerprint density at radius 1 is 1.18 bits per heavy atom. The first-order valence-electron chi connectivity index (χ1n) is 9.47. The largest absolute Gasteiger partial charge is 0.328 e. The Hall–Kier alpha value is -3.15. The van der Waals surface area contributed by atoms with Gasteiger partial charge in [-0.3, -0.25) is 0 Å². The number of anilines is 1. The molecule has 0 saturated carbocycles. The maximum atomic E-state index is 13.2. The summed E-state index contributed by atoms with van der Waals surface area (Å²) in [6, 6.07) is 16.0. The van der Waals surface area contributed by atoms with Crippen molar-refractivity contribution < 1.29 is 9.18 Å². The van der Waals surface area contributed by atoms with E-state index in [1.165, 1.54) is 12.1 Å². The molecule has 1 saturated heterocycles. The number of amides is 2. The zero-order valence-corrected chi connectivity index (χ0v) is 15.8. The summed E-state index contributed by atoms with van der Waals surface area (Å²) in [6.45, 7) is 4.01. The third-order valence-electron chi connectivity index (χ3n) is 5.21. The second-order valence-corrected chi connectivity index (χ2v) is 7.20. The standard InChI is InChI=1S/C22H23FN4O/c1-16-13-24-21(27(16)14-17-7-9-19(23)10-8-17)18-11-12-26(15-18)22(28)25-20-5-3-2-4-6-20/h2-10,13,18H,11-12,14-15H2,1H3,(H,25,28). The predicted molar refractivity (Wildman–Crippen MR) is 107 cm³/mol. The van der Waals surface area contributed by atoms with Gasteiger partial charge in [0.25, 0.3) is 0 Å². The number of carbonyl (C=O) groups excluding carboxylic acids is 1. The molecule has 1 atom stereocenters. The van der Waals surface area contributed by atoms with Crippen LogP contribution in [0, 0.1) is 12.7 Å². The molecule has 1 fully saturated rings. The predicted octanol–water partition coefficient (Wildman–Crippen LogP) is 4.40. The molecule has 4 rings (SSSR count). The van der Waals surface area contributed by atoms with Gasteiger partial charge in [-0.25, -0.2) is 14.2 Å². The number of rotatable bonds is 4. The second-order valence-electron chi connectivity index (χ2n) is 7.20. The van der Waals surface area contributed by atoms with E-state index in [1.54, 1.807) is 12.1 Å². The molecule has 1 N–H and O–H groups in total. The van der Waals surface area contributed by atoms with E-state index in [1.807, 2.05) is 48.4 Å². The summed E-state index contributed by atoms with van der Waals surface area (Å²) in [4.78, 5) is 19.0. The summed E-state index contributed by atoms with van der Waals surface area (Å²) in [6.07, 6.45) is 2.74.